The highest BCUT2D eigenvalue weighted by Crippen LogP contribution is 2.26. The van der Waals surface area contributed by atoms with E-state index < -0.39 is 6.10 Å². The summed E-state index contributed by atoms with van der Waals surface area (Å²) in [5.74, 6) is 0.376. The molecule has 5 heteroatoms. The number of ether oxygens (including phenoxy) is 1. The fourth-order valence-electron chi connectivity index (χ4n) is 2.09. The summed E-state index contributed by atoms with van der Waals surface area (Å²) in [4.78, 5) is 12.2. The van der Waals surface area contributed by atoms with Crippen LogP contribution in [0, 0.1) is 13.8 Å². The third-order valence-corrected chi connectivity index (χ3v) is 3.63. The van der Waals surface area contributed by atoms with Gasteiger partial charge in [0.2, 0.25) is 0 Å². The molecule has 0 aliphatic heterocycles. The maximum absolute atomic E-state index is 12.2. The van der Waals surface area contributed by atoms with Gasteiger partial charge in [-0.2, -0.15) is 0 Å². The zero-order valence-corrected chi connectivity index (χ0v) is 14.1. The molecule has 0 spiro atoms. The molecule has 0 saturated carbocycles. The van der Waals surface area contributed by atoms with Crippen LogP contribution in [0.5, 0.6) is 5.75 Å². The minimum absolute atomic E-state index is 0.289. The Kier molecular flexibility index (Phi) is 5.33. The zero-order chi connectivity index (χ0) is 16.3. The fourth-order valence-corrected chi connectivity index (χ4v) is 2.42. The number of nitrogens with one attached hydrogen (secondary N) is 1. The Morgan fingerprint density at radius 3 is 2.36 bits per heavy atom. The lowest BCUT2D eigenvalue weighted by molar-refractivity contribution is -0.122. The molecule has 1 N–H and O–H groups in total. The second kappa shape index (κ2) is 7.03. The molecule has 1 atom stereocenters. The monoisotopic (exact) mass is 337 g/mol. The van der Waals surface area contributed by atoms with Crippen LogP contribution in [0.2, 0.25) is 10.0 Å². The number of hydrogen-bond donors (Lipinski definition) is 1. The van der Waals surface area contributed by atoms with Crippen LogP contribution < -0.4 is 10.1 Å². The first kappa shape index (κ1) is 16.7. The lowest BCUT2D eigenvalue weighted by Gasteiger charge is -2.16. The van der Waals surface area contributed by atoms with Crippen LogP contribution in [0.15, 0.2) is 36.4 Å². The van der Waals surface area contributed by atoms with E-state index in [-0.39, 0.29) is 5.91 Å². The summed E-state index contributed by atoms with van der Waals surface area (Å²) in [5.41, 5.74) is 2.64. The summed E-state index contributed by atoms with van der Waals surface area (Å²) in [5, 5.41) is 3.65. The number of amides is 1. The van der Waals surface area contributed by atoms with Crippen molar-refractivity contribution >= 4 is 34.8 Å². The molecule has 0 heterocycles. The fraction of sp³-hybridized carbons (Fsp3) is 0.235. The quantitative estimate of drug-likeness (QED) is 0.850. The largest absolute Gasteiger partial charge is 0.481 e. The lowest BCUT2D eigenvalue weighted by Crippen LogP contribution is -2.30. The smallest absolute Gasteiger partial charge is 0.265 e. The van der Waals surface area contributed by atoms with E-state index in [9.17, 15) is 4.79 Å². The Balaban J connectivity index is 2.07. The van der Waals surface area contributed by atoms with Gasteiger partial charge in [0.25, 0.3) is 5.91 Å². The van der Waals surface area contributed by atoms with Crippen LogP contribution in [0.4, 0.5) is 5.69 Å². The lowest BCUT2D eigenvalue weighted by atomic mass is 10.1. The number of halogens is 2. The molecular formula is C17H17Cl2NO2. The first-order valence-electron chi connectivity index (χ1n) is 6.86. The number of hydrogen-bond acceptors (Lipinski definition) is 2. The predicted molar refractivity (Wildman–Crippen MR) is 91.1 cm³/mol. The van der Waals surface area contributed by atoms with Gasteiger partial charge in [-0.3, -0.25) is 4.79 Å². The van der Waals surface area contributed by atoms with Crippen LogP contribution in [-0.2, 0) is 4.79 Å². The van der Waals surface area contributed by atoms with Gasteiger partial charge in [0.15, 0.2) is 6.10 Å². The van der Waals surface area contributed by atoms with Crippen LogP contribution in [0.25, 0.3) is 0 Å². The molecule has 0 saturated heterocycles. The van der Waals surface area contributed by atoms with E-state index >= 15 is 0 Å². The van der Waals surface area contributed by atoms with Crippen molar-refractivity contribution in [2.75, 3.05) is 5.32 Å². The molecule has 3 nitrogen and oxygen atoms in total. The van der Waals surface area contributed by atoms with E-state index in [0.29, 0.717) is 21.5 Å². The summed E-state index contributed by atoms with van der Waals surface area (Å²) in [7, 11) is 0. The first-order valence-corrected chi connectivity index (χ1v) is 7.61. The summed E-state index contributed by atoms with van der Waals surface area (Å²) in [6.07, 6.45) is -0.656. The second-order valence-electron chi connectivity index (χ2n) is 5.20. The molecule has 2 aromatic rings. The van der Waals surface area contributed by atoms with Crippen molar-refractivity contribution in [3.63, 3.8) is 0 Å². The molecule has 2 rings (SSSR count). The van der Waals surface area contributed by atoms with E-state index in [2.05, 4.69) is 5.32 Å². The van der Waals surface area contributed by atoms with Crippen molar-refractivity contribution in [1.82, 2.24) is 0 Å². The Labute approximate surface area is 140 Å². The van der Waals surface area contributed by atoms with Crippen LogP contribution in [-0.4, -0.2) is 12.0 Å². The molecule has 0 aliphatic rings. The summed E-state index contributed by atoms with van der Waals surface area (Å²) < 4.78 is 5.69. The van der Waals surface area contributed by atoms with Gasteiger partial charge < -0.3 is 10.1 Å². The average molecular weight is 338 g/mol. The van der Waals surface area contributed by atoms with Gasteiger partial charge in [-0.15, -0.1) is 0 Å². The normalized spacial score (nSPS) is 11.9. The number of carbonyl (C=O) groups is 1. The molecule has 1 unspecified atom stereocenters. The van der Waals surface area contributed by atoms with Gasteiger partial charge in [-0.25, -0.2) is 0 Å². The number of anilines is 1. The Morgan fingerprint density at radius 2 is 1.73 bits per heavy atom. The van der Waals surface area contributed by atoms with Gasteiger partial charge in [-0.05, 0) is 62.2 Å². The van der Waals surface area contributed by atoms with Crippen molar-refractivity contribution < 1.29 is 9.53 Å². The number of rotatable bonds is 4. The van der Waals surface area contributed by atoms with Gasteiger partial charge >= 0.3 is 0 Å². The van der Waals surface area contributed by atoms with Crippen molar-refractivity contribution in [3.8, 4) is 5.75 Å². The SMILES string of the molecule is Cc1cc(C)cc(OC(C)C(=O)Nc2cc(Cl)ccc2Cl)c1. The number of benzene rings is 2. The van der Waals surface area contributed by atoms with E-state index in [1.807, 2.05) is 32.0 Å². The number of aryl methyl sites for hydroxylation is 2. The van der Waals surface area contributed by atoms with Gasteiger partial charge in [-0.1, -0.05) is 29.3 Å². The predicted octanol–water partition coefficient (Wildman–Crippen LogP) is 5.02. The molecule has 2 aromatic carbocycles. The van der Waals surface area contributed by atoms with E-state index in [0.717, 1.165) is 11.1 Å². The standard InChI is InChI=1S/C17H17Cl2NO2/c1-10-6-11(2)8-14(7-10)22-12(3)17(21)20-16-9-13(18)4-5-15(16)19/h4-9,12H,1-3H3,(H,20,21). The molecule has 0 aliphatic carbocycles. The third kappa shape index (κ3) is 4.39. The molecule has 116 valence electrons. The molecule has 22 heavy (non-hydrogen) atoms. The Hall–Kier alpha value is -1.71. The minimum atomic E-state index is -0.656. The average Bonchev–Trinajstić information content (AvgIpc) is 2.41. The summed E-state index contributed by atoms with van der Waals surface area (Å²) >= 11 is 11.9. The summed E-state index contributed by atoms with van der Waals surface area (Å²) in [6, 6.07) is 10.7. The van der Waals surface area contributed by atoms with Crippen LogP contribution >= 0.6 is 23.2 Å². The maximum Gasteiger partial charge on any atom is 0.265 e. The Morgan fingerprint density at radius 1 is 1.09 bits per heavy atom. The third-order valence-electron chi connectivity index (χ3n) is 3.06. The van der Waals surface area contributed by atoms with Gasteiger partial charge in [0.1, 0.15) is 5.75 Å². The van der Waals surface area contributed by atoms with Crippen molar-refractivity contribution in [2.24, 2.45) is 0 Å². The minimum Gasteiger partial charge on any atom is -0.481 e. The van der Waals surface area contributed by atoms with Crippen molar-refractivity contribution in [1.29, 1.82) is 0 Å². The molecular weight excluding hydrogens is 321 g/mol. The van der Waals surface area contributed by atoms with Crippen molar-refractivity contribution in [2.45, 2.75) is 26.9 Å². The highest BCUT2D eigenvalue weighted by Gasteiger charge is 2.16. The maximum atomic E-state index is 12.2. The van der Waals surface area contributed by atoms with Gasteiger partial charge in [0, 0.05) is 5.02 Å². The molecule has 1 amide bonds. The van der Waals surface area contributed by atoms with E-state index in [4.69, 9.17) is 27.9 Å². The van der Waals surface area contributed by atoms with Crippen LogP contribution in [0.1, 0.15) is 18.1 Å². The Bertz CT molecular complexity index is 681. The highest BCUT2D eigenvalue weighted by molar-refractivity contribution is 6.35. The van der Waals surface area contributed by atoms with Gasteiger partial charge in [0.05, 0.1) is 10.7 Å². The van der Waals surface area contributed by atoms with E-state index in [1.165, 1.54) is 0 Å². The highest BCUT2D eigenvalue weighted by atomic mass is 35.5. The van der Waals surface area contributed by atoms with Crippen molar-refractivity contribution in [3.05, 3.63) is 57.6 Å². The number of carbonyl (C=O) groups excluding carboxylic acids is 1. The molecule has 0 radical (unpaired) electrons. The summed E-state index contributed by atoms with van der Waals surface area (Å²) in [6.45, 7) is 5.65. The zero-order valence-electron chi connectivity index (χ0n) is 12.6. The molecule has 0 bridgehead atoms. The first-order chi connectivity index (χ1) is 10.3. The molecule has 0 aromatic heterocycles. The van der Waals surface area contributed by atoms with Crippen LogP contribution in [0.3, 0.4) is 0 Å². The van der Waals surface area contributed by atoms with E-state index in [1.54, 1.807) is 25.1 Å². The molecule has 0 fully saturated rings. The second-order valence-corrected chi connectivity index (χ2v) is 6.04. The topological polar surface area (TPSA) is 38.3 Å².